The number of halogens is 1. The minimum atomic E-state index is -0.962. The van der Waals surface area contributed by atoms with Crippen LogP contribution in [-0.2, 0) is 35.6 Å². The van der Waals surface area contributed by atoms with Gasteiger partial charge in [-0.05, 0) is 53.1 Å². The summed E-state index contributed by atoms with van der Waals surface area (Å²) in [6.07, 6.45) is 0.951. The molecule has 0 aliphatic carbocycles. The topological polar surface area (TPSA) is 148 Å². The molecule has 13 nitrogen and oxygen atoms in total. The zero-order chi connectivity index (χ0) is 37.2. The van der Waals surface area contributed by atoms with Gasteiger partial charge in [-0.2, -0.15) is 9.40 Å². The summed E-state index contributed by atoms with van der Waals surface area (Å²) in [7, 11) is 0. The molecule has 2 aliphatic heterocycles. The van der Waals surface area contributed by atoms with Gasteiger partial charge >= 0.3 is 6.03 Å². The van der Waals surface area contributed by atoms with Crippen molar-refractivity contribution in [2.45, 2.75) is 38.3 Å². The maximum atomic E-state index is 14.5. The highest BCUT2D eigenvalue weighted by atomic mass is 19.1. The standard InChI is InChI=1S/C40H35FN8O5/c41-36-13-5-12-33(44-36)34-20-30(54-45-34)23-47-25-38(51)48-35(19-26-14-16-29(50)17-15-26)39(52)46(22-28-9-4-11-32-31(28)10-6-18-42-32)24-37(48)49(47)40(53)43-21-27-7-2-1-3-8-27/h1-18,20,35,37,50H,19,21-25H2,(H,43,53)/t35-,37-/m0/s1. The Morgan fingerprint density at radius 2 is 1.70 bits per heavy atom. The summed E-state index contributed by atoms with van der Waals surface area (Å²) in [5, 5.41) is 21.0. The van der Waals surface area contributed by atoms with Gasteiger partial charge in [-0.25, -0.2) is 14.8 Å². The van der Waals surface area contributed by atoms with E-state index in [1.54, 1.807) is 40.4 Å². The number of benzene rings is 3. The monoisotopic (exact) mass is 726 g/mol. The van der Waals surface area contributed by atoms with Crippen LogP contribution in [-0.4, -0.2) is 83.2 Å². The van der Waals surface area contributed by atoms with Crippen molar-refractivity contribution >= 4 is 28.7 Å². The molecule has 0 bridgehead atoms. The summed E-state index contributed by atoms with van der Waals surface area (Å²) in [4.78, 5) is 54.8. The average Bonchev–Trinajstić information content (AvgIpc) is 3.65. The van der Waals surface area contributed by atoms with Crippen molar-refractivity contribution in [3.8, 4) is 17.1 Å². The number of aromatic nitrogens is 3. The summed E-state index contributed by atoms with van der Waals surface area (Å²) >= 11 is 0. The number of urea groups is 1. The molecule has 0 unspecified atom stereocenters. The number of nitrogens with one attached hydrogen (secondary N) is 1. The van der Waals surface area contributed by atoms with E-state index in [4.69, 9.17) is 4.52 Å². The molecule has 3 aromatic carbocycles. The molecule has 2 aliphatic rings. The highest BCUT2D eigenvalue weighted by molar-refractivity contribution is 5.92. The van der Waals surface area contributed by atoms with Crippen molar-refractivity contribution < 1.29 is 28.4 Å². The molecular formula is C40H35FN8O5. The van der Waals surface area contributed by atoms with Crippen LogP contribution in [0.4, 0.5) is 9.18 Å². The Balaban J connectivity index is 1.16. The fraction of sp³-hybridized carbons (Fsp3) is 0.200. The number of aromatic hydroxyl groups is 1. The largest absolute Gasteiger partial charge is 0.508 e. The van der Waals surface area contributed by atoms with Crippen LogP contribution >= 0.6 is 0 Å². The first-order valence-electron chi connectivity index (χ1n) is 17.5. The molecular weight excluding hydrogens is 691 g/mol. The van der Waals surface area contributed by atoms with Crippen molar-refractivity contribution in [2.75, 3.05) is 13.1 Å². The van der Waals surface area contributed by atoms with Crippen molar-refractivity contribution in [3.63, 3.8) is 0 Å². The number of piperazine rings is 1. The van der Waals surface area contributed by atoms with Gasteiger partial charge in [0.2, 0.25) is 17.8 Å². The smallest absolute Gasteiger partial charge is 0.334 e. The van der Waals surface area contributed by atoms with Gasteiger partial charge in [-0.15, -0.1) is 0 Å². The van der Waals surface area contributed by atoms with E-state index in [0.717, 1.165) is 27.6 Å². The number of phenols is 1. The lowest BCUT2D eigenvalue weighted by molar-refractivity contribution is -0.193. The van der Waals surface area contributed by atoms with Gasteiger partial charge in [-0.3, -0.25) is 14.6 Å². The Bertz CT molecular complexity index is 2320. The molecule has 0 saturated carbocycles. The molecule has 2 fully saturated rings. The maximum Gasteiger partial charge on any atom is 0.334 e. The van der Waals surface area contributed by atoms with Gasteiger partial charge in [0, 0.05) is 37.2 Å². The lowest BCUT2D eigenvalue weighted by Crippen LogP contribution is -2.76. The number of fused-ring (bicyclic) bond motifs is 2. The number of pyridine rings is 2. The van der Waals surface area contributed by atoms with Crippen LogP contribution in [0.2, 0.25) is 0 Å². The summed E-state index contributed by atoms with van der Waals surface area (Å²) in [6, 6.07) is 30.0. The second-order valence-electron chi connectivity index (χ2n) is 13.2. The number of carbonyl (C=O) groups is 3. The third-order valence-corrected chi connectivity index (χ3v) is 9.66. The summed E-state index contributed by atoms with van der Waals surface area (Å²) in [5.74, 6) is -0.907. The summed E-state index contributed by atoms with van der Waals surface area (Å²) < 4.78 is 19.5. The molecule has 8 rings (SSSR count). The number of amides is 4. The molecule has 2 atom stereocenters. The van der Waals surface area contributed by atoms with E-state index in [1.807, 2.05) is 60.7 Å². The predicted molar refractivity (Wildman–Crippen MR) is 194 cm³/mol. The first kappa shape index (κ1) is 34.4. The van der Waals surface area contributed by atoms with Crippen molar-refractivity contribution in [1.29, 1.82) is 0 Å². The zero-order valence-corrected chi connectivity index (χ0v) is 29.0. The first-order valence-corrected chi connectivity index (χ1v) is 17.5. The van der Waals surface area contributed by atoms with E-state index >= 15 is 0 Å². The third kappa shape index (κ3) is 7.06. The number of rotatable bonds is 9. The Morgan fingerprint density at radius 1 is 0.889 bits per heavy atom. The van der Waals surface area contributed by atoms with Gasteiger partial charge in [0.1, 0.15) is 23.7 Å². The van der Waals surface area contributed by atoms with Crippen LogP contribution in [0, 0.1) is 5.95 Å². The SMILES string of the molecule is O=C1[C@H](Cc2ccc(O)cc2)N2C(=O)CN(Cc3cc(-c4cccc(F)n4)no3)N(C(=O)NCc3ccccc3)[C@H]2CN1Cc1cccc2ncccc12. The summed E-state index contributed by atoms with van der Waals surface area (Å²) in [6.45, 7) is 0.140. The van der Waals surface area contributed by atoms with Crippen LogP contribution in [0.3, 0.4) is 0 Å². The fourth-order valence-corrected chi connectivity index (χ4v) is 7.13. The fourth-order valence-electron chi connectivity index (χ4n) is 7.13. The molecule has 4 amide bonds. The molecule has 14 heteroatoms. The van der Waals surface area contributed by atoms with E-state index in [9.17, 15) is 23.9 Å². The molecule has 2 saturated heterocycles. The van der Waals surface area contributed by atoms with Crippen LogP contribution in [0.1, 0.15) is 22.5 Å². The van der Waals surface area contributed by atoms with Crippen LogP contribution in [0.5, 0.6) is 5.75 Å². The normalized spacial score (nSPS) is 17.5. The molecule has 54 heavy (non-hydrogen) atoms. The van der Waals surface area contributed by atoms with Gasteiger partial charge in [0.05, 0.1) is 30.8 Å². The minimum Gasteiger partial charge on any atom is -0.508 e. The average molecular weight is 727 g/mol. The van der Waals surface area contributed by atoms with E-state index in [-0.39, 0.29) is 62.4 Å². The zero-order valence-electron chi connectivity index (χ0n) is 29.0. The maximum absolute atomic E-state index is 14.5. The van der Waals surface area contributed by atoms with E-state index in [2.05, 4.69) is 20.4 Å². The van der Waals surface area contributed by atoms with Crippen molar-refractivity contribution in [2.24, 2.45) is 0 Å². The second kappa shape index (κ2) is 14.8. The number of hydrogen-bond acceptors (Lipinski definition) is 9. The summed E-state index contributed by atoms with van der Waals surface area (Å²) in [5.41, 5.74) is 3.82. The van der Waals surface area contributed by atoms with Gasteiger partial charge < -0.3 is 24.7 Å². The van der Waals surface area contributed by atoms with Gasteiger partial charge in [0.15, 0.2) is 5.76 Å². The Labute approximate surface area is 309 Å². The lowest BCUT2D eigenvalue weighted by Gasteiger charge is -2.55. The Morgan fingerprint density at radius 3 is 2.52 bits per heavy atom. The van der Waals surface area contributed by atoms with Crippen molar-refractivity contribution in [3.05, 3.63) is 144 Å². The highest BCUT2D eigenvalue weighted by Gasteiger charge is 2.51. The first-order chi connectivity index (χ1) is 26.3. The van der Waals surface area contributed by atoms with E-state index in [1.165, 1.54) is 34.2 Å². The predicted octanol–water partition coefficient (Wildman–Crippen LogP) is 4.88. The molecule has 2 N–H and O–H groups in total. The number of hydrazine groups is 1. The lowest BCUT2D eigenvalue weighted by atomic mass is 9.98. The minimum absolute atomic E-state index is 0.0113. The number of hydrogen-bond donors (Lipinski definition) is 2. The van der Waals surface area contributed by atoms with Crippen LogP contribution < -0.4 is 5.32 Å². The second-order valence-corrected chi connectivity index (χ2v) is 13.2. The molecule has 272 valence electrons. The third-order valence-electron chi connectivity index (χ3n) is 9.66. The van der Waals surface area contributed by atoms with Crippen LogP contribution in [0.25, 0.3) is 22.3 Å². The van der Waals surface area contributed by atoms with Crippen LogP contribution in [0.15, 0.2) is 120 Å². The Hall–Kier alpha value is -6.67. The molecule has 3 aromatic heterocycles. The van der Waals surface area contributed by atoms with E-state index in [0.29, 0.717) is 11.5 Å². The molecule has 0 radical (unpaired) electrons. The molecule has 6 aromatic rings. The number of nitrogens with zero attached hydrogens (tertiary/aromatic N) is 7. The van der Waals surface area contributed by atoms with E-state index < -0.39 is 24.2 Å². The Kier molecular flexibility index (Phi) is 9.40. The molecule has 5 heterocycles. The van der Waals surface area contributed by atoms with Gasteiger partial charge in [-0.1, -0.05) is 71.9 Å². The quantitative estimate of drug-likeness (QED) is 0.199. The molecule has 0 spiro atoms. The number of phenolic OH excluding ortho intramolecular Hbond substituents is 1. The van der Waals surface area contributed by atoms with Crippen molar-refractivity contribution in [1.82, 2.24) is 40.3 Å². The highest BCUT2D eigenvalue weighted by Crippen LogP contribution is 2.32. The number of carbonyl (C=O) groups excluding carboxylic acids is 3. The van der Waals surface area contributed by atoms with Gasteiger partial charge in [0.25, 0.3) is 0 Å².